The van der Waals surface area contributed by atoms with E-state index in [-0.39, 0.29) is 0 Å². The Morgan fingerprint density at radius 3 is 3.21 bits per heavy atom. The van der Waals surface area contributed by atoms with Crippen molar-refractivity contribution in [3.8, 4) is 11.4 Å². The van der Waals surface area contributed by atoms with Crippen LogP contribution in [-0.2, 0) is 13.0 Å². The molecule has 14 heavy (non-hydrogen) atoms. The van der Waals surface area contributed by atoms with Crippen molar-refractivity contribution in [2.24, 2.45) is 0 Å². The van der Waals surface area contributed by atoms with Gasteiger partial charge in [0.15, 0.2) is 0 Å². The fourth-order valence-corrected chi connectivity index (χ4v) is 2.03. The molecule has 1 aliphatic heterocycles. The van der Waals surface area contributed by atoms with Gasteiger partial charge in [-0.1, -0.05) is 0 Å². The van der Waals surface area contributed by atoms with Crippen molar-refractivity contribution in [2.75, 3.05) is 0 Å². The number of aromatic nitrogens is 3. The summed E-state index contributed by atoms with van der Waals surface area (Å²) < 4.78 is 2.25. The molecule has 0 saturated carbocycles. The maximum absolute atomic E-state index is 4.42. The summed E-state index contributed by atoms with van der Waals surface area (Å²) in [5.74, 6) is 1.07. The van der Waals surface area contributed by atoms with Crippen LogP contribution in [0.1, 0.15) is 11.3 Å². The van der Waals surface area contributed by atoms with Crippen molar-refractivity contribution in [1.29, 1.82) is 0 Å². The quantitative estimate of drug-likeness (QED) is 0.626. The first kappa shape index (κ1) is 7.74. The highest BCUT2D eigenvalue weighted by Gasteiger charge is 2.17. The maximum atomic E-state index is 4.42. The van der Waals surface area contributed by atoms with Crippen molar-refractivity contribution >= 4 is 0 Å². The molecule has 0 saturated heterocycles. The van der Waals surface area contributed by atoms with E-state index in [0.29, 0.717) is 0 Å². The van der Waals surface area contributed by atoms with E-state index in [9.17, 15) is 0 Å². The molecule has 0 amide bonds. The topological polar surface area (TPSA) is 30.7 Å². The van der Waals surface area contributed by atoms with Gasteiger partial charge in [0.2, 0.25) is 0 Å². The second kappa shape index (κ2) is 2.67. The number of rotatable bonds is 0. The molecule has 0 fully saturated rings. The van der Waals surface area contributed by atoms with E-state index in [1.165, 1.54) is 16.8 Å². The third-order valence-electron chi connectivity index (χ3n) is 2.81. The molecule has 0 atom stereocenters. The molecule has 0 unspecified atom stereocenters. The van der Waals surface area contributed by atoms with Crippen LogP contribution in [0.2, 0.25) is 0 Å². The molecule has 0 radical (unpaired) electrons. The molecule has 0 N–H and O–H groups in total. The van der Waals surface area contributed by atoms with Crippen molar-refractivity contribution in [3.63, 3.8) is 0 Å². The van der Waals surface area contributed by atoms with E-state index in [1.807, 2.05) is 18.6 Å². The van der Waals surface area contributed by atoms with E-state index >= 15 is 0 Å². The van der Waals surface area contributed by atoms with E-state index in [0.717, 1.165) is 18.8 Å². The third-order valence-corrected chi connectivity index (χ3v) is 2.81. The van der Waals surface area contributed by atoms with Crippen LogP contribution in [0, 0.1) is 6.92 Å². The highest BCUT2D eigenvalue weighted by atomic mass is 15.1. The monoisotopic (exact) mass is 185 g/mol. The second-order valence-corrected chi connectivity index (χ2v) is 3.66. The molecule has 2 aromatic rings. The van der Waals surface area contributed by atoms with Gasteiger partial charge in [0.1, 0.15) is 5.82 Å². The SMILES string of the molecule is Cc1cnc2n1CCc1ccncc1-2. The van der Waals surface area contributed by atoms with Gasteiger partial charge in [-0.25, -0.2) is 4.98 Å². The zero-order valence-corrected chi connectivity index (χ0v) is 8.07. The molecular weight excluding hydrogens is 174 g/mol. The fourth-order valence-electron chi connectivity index (χ4n) is 2.03. The molecule has 3 heterocycles. The summed E-state index contributed by atoms with van der Waals surface area (Å²) in [6.07, 6.45) is 6.77. The first-order chi connectivity index (χ1) is 6.86. The zero-order valence-electron chi connectivity index (χ0n) is 8.07. The molecule has 70 valence electrons. The largest absolute Gasteiger partial charge is 0.328 e. The molecule has 0 spiro atoms. The molecule has 0 aliphatic carbocycles. The first-order valence-electron chi connectivity index (χ1n) is 4.81. The Kier molecular flexibility index (Phi) is 1.48. The third kappa shape index (κ3) is 0.923. The van der Waals surface area contributed by atoms with Gasteiger partial charge in [-0.15, -0.1) is 0 Å². The van der Waals surface area contributed by atoms with Crippen LogP contribution in [-0.4, -0.2) is 14.5 Å². The Morgan fingerprint density at radius 2 is 2.29 bits per heavy atom. The maximum Gasteiger partial charge on any atom is 0.141 e. The summed E-state index contributed by atoms with van der Waals surface area (Å²) in [5.41, 5.74) is 3.78. The summed E-state index contributed by atoms with van der Waals surface area (Å²) in [7, 11) is 0. The fraction of sp³-hybridized carbons (Fsp3) is 0.273. The molecule has 3 nitrogen and oxygen atoms in total. The lowest BCUT2D eigenvalue weighted by Gasteiger charge is -2.18. The van der Waals surface area contributed by atoms with Crippen LogP contribution in [0.3, 0.4) is 0 Å². The Hall–Kier alpha value is -1.64. The van der Waals surface area contributed by atoms with Crippen LogP contribution in [0.5, 0.6) is 0 Å². The number of nitrogens with zero attached hydrogens (tertiary/aromatic N) is 3. The Labute approximate surface area is 82.4 Å². The lowest BCUT2D eigenvalue weighted by Crippen LogP contribution is -2.12. The Balaban J connectivity index is 2.29. The average Bonchev–Trinajstić information content (AvgIpc) is 2.61. The lowest BCUT2D eigenvalue weighted by atomic mass is 10.0. The van der Waals surface area contributed by atoms with Gasteiger partial charge >= 0.3 is 0 Å². The smallest absolute Gasteiger partial charge is 0.141 e. The predicted molar refractivity (Wildman–Crippen MR) is 53.9 cm³/mol. The zero-order chi connectivity index (χ0) is 9.54. The van der Waals surface area contributed by atoms with Crippen LogP contribution in [0.25, 0.3) is 11.4 Å². The van der Waals surface area contributed by atoms with Crippen molar-refractivity contribution < 1.29 is 0 Å². The van der Waals surface area contributed by atoms with Crippen LogP contribution < -0.4 is 0 Å². The summed E-state index contributed by atoms with van der Waals surface area (Å²) in [4.78, 5) is 8.57. The minimum absolute atomic E-state index is 1.04. The Morgan fingerprint density at radius 1 is 1.36 bits per heavy atom. The van der Waals surface area contributed by atoms with Crippen LogP contribution in [0.4, 0.5) is 0 Å². The van der Waals surface area contributed by atoms with E-state index < -0.39 is 0 Å². The van der Waals surface area contributed by atoms with Gasteiger partial charge < -0.3 is 4.57 Å². The predicted octanol–water partition coefficient (Wildman–Crippen LogP) is 1.81. The molecule has 3 rings (SSSR count). The first-order valence-corrected chi connectivity index (χ1v) is 4.81. The van der Waals surface area contributed by atoms with Gasteiger partial charge in [-0.3, -0.25) is 4.98 Å². The molecule has 3 heteroatoms. The number of hydrogen-bond acceptors (Lipinski definition) is 2. The number of pyridine rings is 1. The normalized spacial score (nSPS) is 13.5. The van der Waals surface area contributed by atoms with E-state index in [1.54, 1.807) is 0 Å². The van der Waals surface area contributed by atoms with Gasteiger partial charge in [0.05, 0.1) is 0 Å². The molecular formula is C11H11N3. The van der Waals surface area contributed by atoms with Gasteiger partial charge in [0, 0.05) is 36.4 Å². The molecule has 2 aromatic heterocycles. The highest BCUT2D eigenvalue weighted by Crippen LogP contribution is 2.27. The van der Waals surface area contributed by atoms with Gasteiger partial charge in [0.25, 0.3) is 0 Å². The van der Waals surface area contributed by atoms with Crippen LogP contribution in [0.15, 0.2) is 24.7 Å². The van der Waals surface area contributed by atoms with E-state index in [2.05, 4.69) is 27.5 Å². The summed E-state index contributed by atoms with van der Waals surface area (Å²) in [6, 6.07) is 2.09. The highest BCUT2D eigenvalue weighted by molar-refractivity contribution is 5.61. The number of aryl methyl sites for hydroxylation is 2. The van der Waals surface area contributed by atoms with Gasteiger partial charge in [-0.2, -0.15) is 0 Å². The van der Waals surface area contributed by atoms with Crippen LogP contribution >= 0.6 is 0 Å². The summed E-state index contributed by atoms with van der Waals surface area (Å²) in [5, 5.41) is 0. The number of hydrogen-bond donors (Lipinski definition) is 0. The van der Waals surface area contributed by atoms with E-state index in [4.69, 9.17) is 0 Å². The Bertz CT molecular complexity index is 485. The number of imidazole rings is 1. The van der Waals surface area contributed by atoms with Gasteiger partial charge in [-0.05, 0) is 25.0 Å². The summed E-state index contributed by atoms with van der Waals surface area (Å²) in [6.45, 7) is 3.13. The second-order valence-electron chi connectivity index (χ2n) is 3.66. The minimum atomic E-state index is 1.04. The van der Waals surface area contributed by atoms with Crippen molar-refractivity contribution in [3.05, 3.63) is 35.9 Å². The standard InChI is InChI=1S/C11H11N3/c1-8-6-13-11-10-7-12-4-2-9(10)3-5-14(8)11/h2,4,6-7H,3,5H2,1H3. The summed E-state index contributed by atoms with van der Waals surface area (Å²) >= 11 is 0. The minimum Gasteiger partial charge on any atom is -0.328 e. The number of fused-ring (bicyclic) bond motifs is 3. The lowest BCUT2D eigenvalue weighted by molar-refractivity contribution is 0.666. The van der Waals surface area contributed by atoms with Crippen molar-refractivity contribution in [2.45, 2.75) is 19.9 Å². The van der Waals surface area contributed by atoms with Crippen molar-refractivity contribution in [1.82, 2.24) is 14.5 Å². The average molecular weight is 185 g/mol. The molecule has 0 bridgehead atoms. The molecule has 1 aliphatic rings. The molecule has 0 aromatic carbocycles.